The summed E-state index contributed by atoms with van der Waals surface area (Å²) in [6, 6.07) is 7.30. The van der Waals surface area contributed by atoms with Gasteiger partial charge < -0.3 is 10.4 Å². The highest BCUT2D eigenvalue weighted by molar-refractivity contribution is 5.94. The average molecular weight is 219 g/mol. The number of piperidine rings is 1. The minimum absolute atomic E-state index is 0.0363. The third kappa shape index (κ3) is 2.15. The fraction of sp³-hybridized carbons (Fsp3) is 0.462. The Hall–Kier alpha value is -1.19. The smallest absolute Gasteiger partial charge is 0.159 e. The van der Waals surface area contributed by atoms with Gasteiger partial charge >= 0.3 is 0 Å². The van der Waals surface area contributed by atoms with Crippen LogP contribution in [0.1, 0.15) is 35.7 Å². The quantitative estimate of drug-likeness (QED) is 0.740. The number of carbonyl (C=O) groups excluding carboxylic acids is 1. The zero-order valence-electron chi connectivity index (χ0n) is 9.49. The van der Waals surface area contributed by atoms with Crippen LogP contribution in [-0.2, 0) is 5.60 Å². The standard InChI is InChI=1S/C13H17NO2/c1-10(15)11-4-2-5-12(8-11)13(16)6-3-7-14-9-13/h2,4-5,8,14,16H,3,6-7,9H2,1H3. The largest absolute Gasteiger partial charge is 0.384 e. The molecule has 0 radical (unpaired) electrons. The first-order valence-corrected chi connectivity index (χ1v) is 5.66. The van der Waals surface area contributed by atoms with Crippen LogP contribution in [-0.4, -0.2) is 24.0 Å². The number of carbonyl (C=O) groups is 1. The van der Waals surface area contributed by atoms with Gasteiger partial charge in [0.2, 0.25) is 0 Å². The van der Waals surface area contributed by atoms with E-state index in [-0.39, 0.29) is 5.78 Å². The summed E-state index contributed by atoms with van der Waals surface area (Å²) < 4.78 is 0. The Morgan fingerprint density at radius 3 is 2.94 bits per heavy atom. The van der Waals surface area contributed by atoms with Gasteiger partial charge in [0.25, 0.3) is 0 Å². The molecule has 86 valence electrons. The van der Waals surface area contributed by atoms with Crippen molar-refractivity contribution in [2.75, 3.05) is 13.1 Å². The Morgan fingerprint density at radius 1 is 1.50 bits per heavy atom. The molecular formula is C13H17NO2. The number of hydrogen-bond acceptors (Lipinski definition) is 3. The Kier molecular flexibility index (Phi) is 3.08. The molecule has 1 atom stereocenters. The topological polar surface area (TPSA) is 49.3 Å². The van der Waals surface area contributed by atoms with Crippen molar-refractivity contribution in [1.29, 1.82) is 0 Å². The van der Waals surface area contributed by atoms with E-state index in [1.165, 1.54) is 0 Å². The van der Waals surface area contributed by atoms with Crippen LogP contribution in [0.25, 0.3) is 0 Å². The highest BCUT2D eigenvalue weighted by Gasteiger charge is 2.31. The first kappa shape index (κ1) is 11.3. The Bertz CT molecular complexity index is 395. The van der Waals surface area contributed by atoms with Crippen molar-refractivity contribution in [3.05, 3.63) is 35.4 Å². The molecule has 1 fully saturated rings. The Balaban J connectivity index is 2.31. The minimum Gasteiger partial charge on any atom is -0.384 e. The zero-order valence-corrected chi connectivity index (χ0v) is 9.49. The van der Waals surface area contributed by atoms with Crippen LogP contribution in [0.5, 0.6) is 0 Å². The number of aliphatic hydroxyl groups is 1. The van der Waals surface area contributed by atoms with E-state index in [0.29, 0.717) is 12.1 Å². The van der Waals surface area contributed by atoms with Crippen LogP contribution >= 0.6 is 0 Å². The van der Waals surface area contributed by atoms with Crippen molar-refractivity contribution in [3.63, 3.8) is 0 Å². The molecule has 0 bridgehead atoms. The normalized spacial score (nSPS) is 25.4. The minimum atomic E-state index is -0.816. The van der Waals surface area contributed by atoms with Gasteiger partial charge in [-0.05, 0) is 37.9 Å². The maximum Gasteiger partial charge on any atom is 0.159 e. The predicted octanol–water partition coefficient (Wildman–Crippen LogP) is 1.46. The number of Topliss-reactive ketones (excluding diaryl/α,β-unsaturated/α-hetero) is 1. The van der Waals surface area contributed by atoms with Crippen molar-refractivity contribution in [2.24, 2.45) is 0 Å². The summed E-state index contributed by atoms with van der Waals surface area (Å²) in [6.45, 7) is 3.06. The molecule has 16 heavy (non-hydrogen) atoms. The van der Waals surface area contributed by atoms with E-state index in [0.717, 1.165) is 24.9 Å². The Labute approximate surface area is 95.5 Å². The summed E-state index contributed by atoms with van der Waals surface area (Å²) in [7, 11) is 0. The molecule has 1 unspecified atom stereocenters. The first-order valence-electron chi connectivity index (χ1n) is 5.66. The van der Waals surface area contributed by atoms with Crippen molar-refractivity contribution < 1.29 is 9.90 Å². The Morgan fingerprint density at radius 2 is 2.31 bits per heavy atom. The van der Waals surface area contributed by atoms with Gasteiger partial charge in [-0.25, -0.2) is 0 Å². The second kappa shape index (κ2) is 4.36. The van der Waals surface area contributed by atoms with E-state index in [2.05, 4.69) is 5.32 Å². The van der Waals surface area contributed by atoms with Crippen molar-refractivity contribution >= 4 is 5.78 Å². The molecule has 0 aromatic heterocycles. The van der Waals surface area contributed by atoms with Gasteiger partial charge in [0.1, 0.15) is 5.60 Å². The number of ketones is 1. The molecule has 2 N–H and O–H groups in total. The fourth-order valence-electron chi connectivity index (χ4n) is 2.16. The lowest BCUT2D eigenvalue weighted by Gasteiger charge is -2.33. The van der Waals surface area contributed by atoms with Crippen LogP contribution in [0.2, 0.25) is 0 Å². The maximum atomic E-state index is 11.3. The summed E-state index contributed by atoms with van der Waals surface area (Å²) >= 11 is 0. The lowest BCUT2D eigenvalue weighted by atomic mass is 9.85. The molecule has 1 aliphatic rings. The number of β-amino-alcohol motifs (C(OH)–C–C–N with tert-alkyl or cyclic N) is 1. The SMILES string of the molecule is CC(=O)c1cccc(C2(O)CCCNC2)c1. The number of nitrogens with one attached hydrogen (secondary N) is 1. The molecule has 0 spiro atoms. The van der Waals surface area contributed by atoms with Crippen molar-refractivity contribution in [1.82, 2.24) is 5.32 Å². The van der Waals surface area contributed by atoms with Gasteiger partial charge in [0.15, 0.2) is 5.78 Å². The summed E-state index contributed by atoms with van der Waals surface area (Å²) in [5, 5.41) is 13.7. The molecule has 3 nitrogen and oxygen atoms in total. The number of hydrogen-bond donors (Lipinski definition) is 2. The van der Waals surface area contributed by atoms with E-state index >= 15 is 0 Å². The molecule has 0 saturated carbocycles. The number of rotatable bonds is 2. The molecule has 2 rings (SSSR count). The van der Waals surface area contributed by atoms with Gasteiger partial charge in [0.05, 0.1) is 0 Å². The molecule has 0 amide bonds. The molecule has 0 aliphatic carbocycles. The second-order valence-corrected chi connectivity index (χ2v) is 4.45. The fourth-order valence-corrected chi connectivity index (χ4v) is 2.16. The maximum absolute atomic E-state index is 11.3. The van der Waals surface area contributed by atoms with E-state index in [1.807, 2.05) is 12.1 Å². The van der Waals surface area contributed by atoms with Gasteiger partial charge in [-0.15, -0.1) is 0 Å². The van der Waals surface area contributed by atoms with Gasteiger partial charge in [-0.1, -0.05) is 18.2 Å². The summed E-state index contributed by atoms with van der Waals surface area (Å²) in [6.07, 6.45) is 1.71. The molecule has 3 heteroatoms. The molecule has 1 heterocycles. The van der Waals surface area contributed by atoms with Crippen LogP contribution in [0, 0.1) is 0 Å². The average Bonchev–Trinajstić information content (AvgIpc) is 2.30. The third-order valence-corrected chi connectivity index (χ3v) is 3.17. The van der Waals surface area contributed by atoms with Gasteiger partial charge in [-0.2, -0.15) is 0 Å². The van der Waals surface area contributed by atoms with E-state index in [1.54, 1.807) is 19.1 Å². The lowest BCUT2D eigenvalue weighted by Crippen LogP contribution is -2.43. The molecule has 1 aromatic rings. The van der Waals surface area contributed by atoms with Crippen LogP contribution < -0.4 is 5.32 Å². The first-order chi connectivity index (χ1) is 7.62. The van der Waals surface area contributed by atoms with Crippen LogP contribution in [0.3, 0.4) is 0 Å². The van der Waals surface area contributed by atoms with Crippen molar-refractivity contribution in [2.45, 2.75) is 25.4 Å². The molecule has 1 aliphatic heterocycles. The zero-order chi connectivity index (χ0) is 11.6. The molecular weight excluding hydrogens is 202 g/mol. The van der Waals surface area contributed by atoms with Gasteiger partial charge in [-0.3, -0.25) is 4.79 Å². The van der Waals surface area contributed by atoms with Crippen LogP contribution in [0.4, 0.5) is 0 Å². The molecule has 1 saturated heterocycles. The van der Waals surface area contributed by atoms with E-state index < -0.39 is 5.60 Å². The summed E-state index contributed by atoms with van der Waals surface area (Å²) in [5.41, 5.74) is 0.688. The van der Waals surface area contributed by atoms with E-state index in [4.69, 9.17) is 0 Å². The monoisotopic (exact) mass is 219 g/mol. The predicted molar refractivity (Wildman–Crippen MR) is 62.4 cm³/mol. The third-order valence-electron chi connectivity index (χ3n) is 3.17. The number of benzene rings is 1. The molecule has 1 aromatic carbocycles. The summed E-state index contributed by atoms with van der Waals surface area (Å²) in [4.78, 5) is 11.3. The van der Waals surface area contributed by atoms with Gasteiger partial charge in [0, 0.05) is 12.1 Å². The van der Waals surface area contributed by atoms with Crippen LogP contribution in [0.15, 0.2) is 24.3 Å². The van der Waals surface area contributed by atoms with E-state index in [9.17, 15) is 9.90 Å². The second-order valence-electron chi connectivity index (χ2n) is 4.45. The lowest BCUT2D eigenvalue weighted by molar-refractivity contribution is 0.0123. The highest BCUT2D eigenvalue weighted by Crippen LogP contribution is 2.28. The highest BCUT2D eigenvalue weighted by atomic mass is 16.3. The summed E-state index contributed by atoms with van der Waals surface area (Å²) in [5.74, 6) is 0.0363. The van der Waals surface area contributed by atoms with Crippen molar-refractivity contribution in [3.8, 4) is 0 Å².